The second kappa shape index (κ2) is 7.06. The van der Waals surface area contributed by atoms with Gasteiger partial charge in [0.05, 0.1) is 11.5 Å². The Labute approximate surface area is 129 Å². The molecule has 116 valence electrons. The normalized spacial score (nSPS) is 11.0. The SMILES string of the molecule is CCOc1ccc(C(=O)NNS(=O)(=O)c2ccccc2)cc1. The molecule has 0 atom stereocenters. The molecular formula is C15H16N2O4S. The number of benzene rings is 2. The van der Waals surface area contributed by atoms with E-state index in [4.69, 9.17) is 4.74 Å². The minimum absolute atomic E-state index is 0.0713. The molecule has 0 aliphatic heterocycles. The Bertz CT molecular complexity index is 728. The molecule has 7 heteroatoms. The zero-order valence-corrected chi connectivity index (χ0v) is 12.8. The number of amides is 1. The van der Waals surface area contributed by atoms with Crippen LogP contribution in [0.4, 0.5) is 0 Å². The first-order valence-electron chi connectivity index (χ1n) is 6.63. The number of rotatable bonds is 6. The molecule has 0 aliphatic carbocycles. The third-order valence-electron chi connectivity index (χ3n) is 2.78. The van der Waals surface area contributed by atoms with Crippen molar-refractivity contribution in [3.8, 4) is 5.75 Å². The van der Waals surface area contributed by atoms with Crippen LogP contribution >= 0.6 is 0 Å². The summed E-state index contributed by atoms with van der Waals surface area (Å²) in [5.74, 6) is 0.0893. The summed E-state index contributed by atoms with van der Waals surface area (Å²) in [4.78, 5) is 14.0. The summed E-state index contributed by atoms with van der Waals surface area (Å²) in [5, 5.41) is 0. The highest BCUT2D eigenvalue weighted by atomic mass is 32.2. The third-order valence-corrected chi connectivity index (χ3v) is 4.04. The van der Waals surface area contributed by atoms with Gasteiger partial charge in [-0.2, -0.15) is 0 Å². The predicted molar refractivity (Wildman–Crippen MR) is 81.8 cm³/mol. The van der Waals surface area contributed by atoms with Gasteiger partial charge in [-0.3, -0.25) is 10.2 Å². The number of carbonyl (C=O) groups excluding carboxylic acids is 1. The topological polar surface area (TPSA) is 84.5 Å². The van der Waals surface area contributed by atoms with Crippen molar-refractivity contribution in [1.29, 1.82) is 0 Å². The van der Waals surface area contributed by atoms with Gasteiger partial charge in [0.2, 0.25) is 0 Å². The quantitative estimate of drug-likeness (QED) is 0.794. The Morgan fingerprint density at radius 2 is 1.68 bits per heavy atom. The van der Waals surface area contributed by atoms with Crippen LogP contribution < -0.4 is 15.0 Å². The van der Waals surface area contributed by atoms with Crippen molar-refractivity contribution in [3.63, 3.8) is 0 Å². The first-order valence-corrected chi connectivity index (χ1v) is 8.11. The molecule has 1 amide bonds. The van der Waals surface area contributed by atoms with E-state index in [2.05, 4.69) is 10.3 Å². The van der Waals surface area contributed by atoms with E-state index in [1.165, 1.54) is 12.1 Å². The maximum atomic E-state index is 12.0. The van der Waals surface area contributed by atoms with Crippen LogP contribution in [0.2, 0.25) is 0 Å². The van der Waals surface area contributed by atoms with Gasteiger partial charge in [0.25, 0.3) is 15.9 Å². The molecule has 0 aliphatic rings. The van der Waals surface area contributed by atoms with Gasteiger partial charge in [-0.25, -0.2) is 8.42 Å². The molecule has 2 N–H and O–H groups in total. The monoisotopic (exact) mass is 320 g/mol. The molecule has 0 radical (unpaired) electrons. The van der Waals surface area contributed by atoms with Gasteiger partial charge in [0, 0.05) is 5.56 Å². The first-order chi connectivity index (χ1) is 10.5. The number of sulfonamides is 1. The molecule has 0 unspecified atom stereocenters. The number of hydrogen-bond acceptors (Lipinski definition) is 4. The predicted octanol–water partition coefficient (Wildman–Crippen LogP) is 1.71. The van der Waals surface area contributed by atoms with Gasteiger partial charge in [-0.15, -0.1) is 4.83 Å². The minimum atomic E-state index is -3.79. The Hall–Kier alpha value is -2.38. The highest BCUT2D eigenvalue weighted by Crippen LogP contribution is 2.12. The highest BCUT2D eigenvalue weighted by Gasteiger charge is 2.15. The van der Waals surface area contributed by atoms with Gasteiger partial charge in [0.15, 0.2) is 0 Å². The fourth-order valence-electron chi connectivity index (χ4n) is 1.71. The van der Waals surface area contributed by atoms with Crippen molar-refractivity contribution < 1.29 is 17.9 Å². The summed E-state index contributed by atoms with van der Waals surface area (Å²) in [6.45, 7) is 2.39. The Morgan fingerprint density at radius 1 is 1.05 bits per heavy atom. The van der Waals surface area contributed by atoms with Crippen molar-refractivity contribution >= 4 is 15.9 Å². The highest BCUT2D eigenvalue weighted by molar-refractivity contribution is 7.89. The number of carbonyl (C=O) groups is 1. The summed E-state index contributed by atoms with van der Waals surface area (Å²) >= 11 is 0. The summed E-state index contributed by atoms with van der Waals surface area (Å²) in [6.07, 6.45) is 0. The lowest BCUT2D eigenvalue weighted by Gasteiger charge is -2.09. The van der Waals surface area contributed by atoms with E-state index >= 15 is 0 Å². The second-order valence-electron chi connectivity index (χ2n) is 4.33. The number of hydrazine groups is 1. The largest absolute Gasteiger partial charge is 0.494 e. The number of ether oxygens (including phenoxy) is 1. The van der Waals surface area contributed by atoms with Crippen molar-refractivity contribution in [3.05, 3.63) is 60.2 Å². The fraction of sp³-hybridized carbons (Fsp3) is 0.133. The lowest BCUT2D eigenvalue weighted by Crippen LogP contribution is -2.41. The molecule has 22 heavy (non-hydrogen) atoms. The van der Waals surface area contributed by atoms with Gasteiger partial charge in [0.1, 0.15) is 5.75 Å². The van der Waals surface area contributed by atoms with Gasteiger partial charge in [-0.1, -0.05) is 18.2 Å². The van der Waals surface area contributed by atoms with Crippen molar-refractivity contribution in [2.24, 2.45) is 0 Å². The van der Waals surface area contributed by atoms with E-state index in [0.29, 0.717) is 17.9 Å². The zero-order chi connectivity index (χ0) is 16.0. The lowest BCUT2D eigenvalue weighted by molar-refractivity contribution is 0.0945. The Balaban J connectivity index is 2.00. The summed E-state index contributed by atoms with van der Waals surface area (Å²) in [7, 11) is -3.79. The van der Waals surface area contributed by atoms with Crippen LogP contribution in [0.15, 0.2) is 59.5 Å². The molecule has 2 rings (SSSR count). The Morgan fingerprint density at radius 3 is 2.27 bits per heavy atom. The van der Waals surface area contributed by atoms with Gasteiger partial charge in [-0.05, 0) is 43.3 Å². The molecule has 2 aromatic carbocycles. The maximum absolute atomic E-state index is 12.0. The molecule has 0 saturated heterocycles. The smallest absolute Gasteiger partial charge is 0.266 e. The molecule has 0 spiro atoms. The van der Waals surface area contributed by atoms with Crippen LogP contribution in [0, 0.1) is 0 Å². The van der Waals surface area contributed by atoms with Crippen LogP contribution in [-0.2, 0) is 10.0 Å². The van der Waals surface area contributed by atoms with E-state index in [0.717, 1.165) is 0 Å². The van der Waals surface area contributed by atoms with E-state index in [1.54, 1.807) is 42.5 Å². The lowest BCUT2D eigenvalue weighted by atomic mass is 10.2. The van der Waals surface area contributed by atoms with Crippen molar-refractivity contribution in [2.45, 2.75) is 11.8 Å². The Kier molecular flexibility index (Phi) is 5.13. The van der Waals surface area contributed by atoms with E-state index in [9.17, 15) is 13.2 Å². The van der Waals surface area contributed by atoms with Crippen LogP contribution in [0.25, 0.3) is 0 Å². The molecule has 2 aromatic rings. The minimum Gasteiger partial charge on any atom is -0.494 e. The zero-order valence-electron chi connectivity index (χ0n) is 11.9. The van der Waals surface area contributed by atoms with Crippen LogP contribution in [0.5, 0.6) is 5.75 Å². The van der Waals surface area contributed by atoms with Crippen molar-refractivity contribution in [2.75, 3.05) is 6.61 Å². The molecule has 0 fully saturated rings. The average Bonchev–Trinajstić information content (AvgIpc) is 2.54. The molecule has 0 heterocycles. The maximum Gasteiger partial charge on any atom is 0.266 e. The first kappa shape index (κ1) is 16.0. The summed E-state index contributed by atoms with van der Waals surface area (Å²) in [6, 6.07) is 14.2. The molecular weight excluding hydrogens is 304 g/mol. The number of nitrogens with one attached hydrogen (secondary N) is 2. The van der Waals surface area contributed by atoms with Gasteiger partial charge < -0.3 is 4.74 Å². The summed E-state index contributed by atoms with van der Waals surface area (Å²) in [5.41, 5.74) is 2.49. The standard InChI is InChI=1S/C15H16N2O4S/c1-2-21-13-10-8-12(9-11-13)15(18)16-17-22(19,20)14-6-4-3-5-7-14/h3-11,17H,2H2,1H3,(H,16,18). The molecule has 0 bridgehead atoms. The summed E-state index contributed by atoms with van der Waals surface area (Å²) < 4.78 is 29.2. The average molecular weight is 320 g/mol. The third kappa shape index (κ3) is 4.06. The molecule has 0 saturated carbocycles. The van der Waals surface area contributed by atoms with E-state index in [-0.39, 0.29) is 4.90 Å². The van der Waals surface area contributed by atoms with Crippen LogP contribution in [0.1, 0.15) is 17.3 Å². The fourth-order valence-corrected chi connectivity index (χ4v) is 2.57. The number of hydrogen-bond donors (Lipinski definition) is 2. The van der Waals surface area contributed by atoms with Gasteiger partial charge >= 0.3 is 0 Å². The molecule has 0 aromatic heterocycles. The van der Waals surface area contributed by atoms with Crippen LogP contribution in [0.3, 0.4) is 0 Å². The van der Waals surface area contributed by atoms with E-state index < -0.39 is 15.9 Å². The van der Waals surface area contributed by atoms with Crippen molar-refractivity contribution in [1.82, 2.24) is 10.3 Å². The van der Waals surface area contributed by atoms with E-state index in [1.807, 2.05) is 6.92 Å². The molecule has 6 nitrogen and oxygen atoms in total. The second-order valence-corrected chi connectivity index (χ2v) is 6.01. The van der Waals surface area contributed by atoms with Crippen LogP contribution in [-0.4, -0.2) is 20.9 Å².